The van der Waals surface area contributed by atoms with Crippen LogP contribution < -0.4 is 0 Å². The van der Waals surface area contributed by atoms with Crippen molar-refractivity contribution in [2.75, 3.05) is 0 Å². The Morgan fingerprint density at radius 3 is 2.60 bits per heavy atom. The van der Waals surface area contributed by atoms with Crippen molar-refractivity contribution in [2.45, 2.75) is 0 Å². The highest BCUT2D eigenvalue weighted by Crippen LogP contribution is 1.79. The molecule has 0 aromatic carbocycles. The normalized spacial score (nSPS) is 8.00. The molecule has 0 fully saturated rings. The summed E-state index contributed by atoms with van der Waals surface area (Å²) in [5, 5.41) is 13.0. The Labute approximate surface area is 60.7 Å². The van der Waals surface area contributed by atoms with Crippen molar-refractivity contribution in [3.8, 4) is 0 Å². The van der Waals surface area contributed by atoms with Crippen LogP contribution in [0.25, 0.3) is 0 Å². The van der Waals surface area contributed by atoms with Crippen molar-refractivity contribution in [3.05, 3.63) is 23.5 Å². The molecule has 5 nitrogen and oxygen atoms in total. The van der Waals surface area contributed by atoms with Crippen molar-refractivity contribution < 1.29 is 4.52 Å². The summed E-state index contributed by atoms with van der Waals surface area (Å²) in [6, 6.07) is 0. The molecule has 0 aliphatic heterocycles. The summed E-state index contributed by atoms with van der Waals surface area (Å²) < 4.78 is 4.17. The zero-order valence-electron chi connectivity index (χ0n) is 4.76. The Kier molecular flexibility index (Phi) is 3.11. The summed E-state index contributed by atoms with van der Waals surface area (Å²) in [4.78, 5) is 0. The van der Waals surface area contributed by atoms with Gasteiger partial charge in [0.1, 0.15) is 5.51 Å². The molecule has 2 heterocycles. The second kappa shape index (κ2) is 4.57. The van der Waals surface area contributed by atoms with Crippen LogP contribution in [0.5, 0.6) is 0 Å². The van der Waals surface area contributed by atoms with Crippen molar-refractivity contribution >= 4 is 11.3 Å². The van der Waals surface area contributed by atoms with E-state index in [-0.39, 0.29) is 0 Å². The van der Waals surface area contributed by atoms with Crippen molar-refractivity contribution in [1.29, 1.82) is 0 Å². The molecule has 0 spiro atoms. The van der Waals surface area contributed by atoms with Crippen molar-refractivity contribution in [2.24, 2.45) is 0 Å². The Bertz CT molecular complexity index is 156. The quantitative estimate of drug-likeness (QED) is 0.542. The van der Waals surface area contributed by atoms with Gasteiger partial charge in [-0.1, -0.05) is 11.3 Å². The smallest absolute Gasteiger partial charge is 0.178 e. The first-order chi connectivity index (χ1) is 5.00. The van der Waals surface area contributed by atoms with Crippen LogP contribution in [0.4, 0.5) is 0 Å². The van der Waals surface area contributed by atoms with Gasteiger partial charge < -0.3 is 4.52 Å². The van der Waals surface area contributed by atoms with Crippen molar-refractivity contribution in [3.63, 3.8) is 0 Å². The number of hydrogen-bond acceptors (Lipinski definition) is 6. The van der Waals surface area contributed by atoms with Crippen LogP contribution in [-0.4, -0.2) is 20.6 Å². The van der Waals surface area contributed by atoms with Crippen LogP contribution in [-0.2, 0) is 0 Å². The van der Waals surface area contributed by atoms with Crippen LogP contribution >= 0.6 is 11.3 Å². The van der Waals surface area contributed by atoms with Crippen LogP contribution in [0.1, 0.15) is 0 Å². The fourth-order valence-corrected chi connectivity index (χ4v) is 0.471. The van der Waals surface area contributed by atoms with Crippen LogP contribution in [0.2, 0.25) is 0 Å². The average Bonchev–Trinajstić information content (AvgIpc) is 2.67. The average molecular weight is 154 g/mol. The van der Waals surface area contributed by atoms with Gasteiger partial charge in [-0.25, -0.2) is 0 Å². The van der Waals surface area contributed by atoms with E-state index in [0.29, 0.717) is 0 Å². The van der Waals surface area contributed by atoms with Crippen LogP contribution in [0, 0.1) is 11.7 Å². The molecule has 10 heavy (non-hydrogen) atoms. The Hall–Kier alpha value is -1.30. The molecule has 0 saturated carbocycles. The minimum Gasteiger partial charge on any atom is -0.345 e. The lowest BCUT2D eigenvalue weighted by Crippen LogP contribution is -1.54. The molecule has 50 valence electrons. The topological polar surface area (TPSA) is 64.7 Å². The van der Waals surface area contributed by atoms with Gasteiger partial charge in [-0.3, -0.25) is 0 Å². The highest BCUT2D eigenvalue weighted by Gasteiger charge is 1.63. The predicted octanol–water partition coefficient (Wildman–Crippen LogP) is 0.208. The van der Waals surface area contributed by atoms with Gasteiger partial charge in [0.2, 0.25) is 0 Å². The molecule has 0 aliphatic carbocycles. The summed E-state index contributed by atoms with van der Waals surface area (Å²) in [6.45, 7) is 0. The maximum atomic E-state index is 4.17. The highest BCUT2D eigenvalue weighted by molar-refractivity contribution is 7.06. The van der Waals surface area contributed by atoms with Gasteiger partial charge >= 0.3 is 0 Å². The first-order valence-corrected chi connectivity index (χ1v) is 3.13. The molecule has 2 rings (SSSR count). The van der Waals surface area contributed by atoms with Gasteiger partial charge in [-0.15, -0.1) is 15.3 Å². The lowest BCUT2D eigenvalue weighted by atomic mass is 11.0. The molecular formula is C4H2N4OS. The minimum atomic E-state index is 1.28. The van der Waals surface area contributed by atoms with E-state index in [4.69, 9.17) is 0 Å². The third kappa shape index (κ3) is 2.88. The highest BCUT2D eigenvalue weighted by atomic mass is 32.1. The standard InChI is InChI=1S/C2HN2O.C2HN2S/c1-2-5-4-3-1;1-3-4-2-5-1/h2H;1H. The number of nitrogens with zero attached hydrogens (tertiary/aromatic N) is 4. The summed E-state index contributed by atoms with van der Waals surface area (Å²) in [5.41, 5.74) is 4.17. The van der Waals surface area contributed by atoms with Gasteiger partial charge in [-0.05, 0) is 0 Å². The molecule has 2 radical (unpaired) electrons. The monoisotopic (exact) mass is 154 g/mol. The second-order valence-electron chi connectivity index (χ2n) is 1.06. The molecule has 6 heteroatoms. The zero-order valence-corrected chi connectivity index (χ0v) is 5.58. The third-order valence-corrected chi connectivity index (χ3v) is 0.889. The summed E-state index contributed by atoms with van der Waals surface area (Å²) >= 11 is 1.37. The minimum absolute atomic E-state index is 1.28. The lowest BCUT2D eigenvalue weighted by Gasteiger charge is -1.44. The number of hydrogen-bond donors (Lipinski definition) is 0. The first-order valence-electron chi connectivity index (χ1n) is 2.25. The predicted molar refractivity (Wildman–Crippen MR) is 31.9 cm³/mol. The second-order valence-corrected chi connectivity index (χ2v) is 1.69. The van der Waals surface area contributed by atoms with E-state index in [1.54, 1.807) is 5.51 Å². The fourth-order valence-electron chi connectivity index (χ4n) is 0.236. The molecule has 0 N–H and O–H groups in total. The van der Waals surface area contributed by atoms with E-state index < -0.39 is 0 Å². The Balaban J connectivity index is 0.0000001000. The third-order valence-electron chi connectivity index (χ3n) is 0.502. The maximum absolute atomic E-state index is 4.17. The molecule has 0 amide bonds. The van der Waals surface area contributed by atoms with E-state index in [9.17, 15) is 0 Å². The fraction of sp³-hybridized carbons (Fsp3) is 0. The van der Waals surface area contributed by atoms with Crippen LogP contribution in [0.15, 0.2) is 16.3 Å². The molecule has 0 atom stereocenters. The van der Waals surface area contributed by atoms with E-state index >= 15 is 0 Å². The molecule has 0 saturated heterocycles. The largest absolute Gasteiger partial charge is 0.345 e. The van der Waals surface area contributed by atoms with Gasteiger partial charge in [0, 0.05) is 5.27 Å². The number of aromatic nitrogens is 4. The number of rotatable bonds is 0. The molecule has 0 aliphatic rings. The van der Waals surface area contributed by atoms with E-state index in [0.717, 1.165) is 0 Å². The summed E-state index contributed by atoms with van der Waals surface area (Å²) in [7, 11) is 0. The summed E-state index contributed by atoms with van der Waals surface area (Å²) in [5.74, 6) is 0. The van der Waals surface area contributed by atoms with E-state index in [2.05, 4.69) is 36.8 Å². The Morgan fingerprint density at radius 2 is 2.40 bits per heavy atom. The van der Waals surface area contributed by atoms with Gasteiger partial charge in [0.15, 0.2) is 18.0 Å². The van der Waals surface area contributed by atoms with Gasteiger partial charge in [0.25, 0.3) is 0 Å². The molecular weight excluding hydrogens is 152 g/mol. The maximum Gasteiger partial charge on any atom is 0.178 e. The lowest BCUT2D eigenvalue weighted by molar-refractivity contribution is 0.393. The first kappa shape index (κ1) is 6.81. The van der Waals surface area contributed by atoms with Gasteiger partial charge in [0.05, 0.1) is 0 Å². The Morgan fingerprint density at radius 1 is 1.40 bits per heavy atom. The van der Waals surface area contributed by atoms with E-state index in [1.807, 2.05) is 0 Å². The molecule has 2 aromatic rings. The van der Waals surface area contributed by atoms with E-state index in [1.165, 1.54) is 17.6 Å². The van der Waals surface area contributed by atoms with Gasteiger partial charge in [-0.2, -0.15) is 0 Å². The SMILES string of the molecule is [c]1conn1.[c]1nncs1. The van der Waals surface area contributed by atoms with Crippen LogP contribution in [0.3, 0.4) is 0 Å². The summed E-state index contributed by atoms with van der Waals surface area (Å²) in [6.07, 6.45) is 3.61. The molecule has 2 aromatic heterocycles. The molecule has 0 bridgehead atoms. The zero-order chi connectivity index (χ0) is 7.07. The molecule has 0 unspecified atom stereocenters. The van der Waals surface area contributed by atoms with Crippen molar-refractivity contribution in [1.82, 2.24) is 20.6 Å².